The molecular formula is C22H25F6N3O3. The average Bonchev–Trinajstić information content (AvgIpc) is 3.23. The van der Waals surface area contributed by atoms with Gasteiger partial charge in [0, 0.05) is 17.6 Å². The number of carbonyl (C=O) groups is 2. The third-order valence-corrected chi connectivity index (χ3v) is 5.30. The fourth-order valence-electron chi connectivity index (χ4n) is 2.93. The molecule has 188 valence electrons. The van der Waals surface area contributed by atoms with Crippen LogP contribution in [0.2, 0.25) is 0 Å². The topological polar surface area (TPSA) is 75.4 Å². The van der Waals surface area contributed by atoms with E-state index in [0.717, 1.165) is 11.2 Å². The van der Waals surface area contributed by atoms with Crippen molar-refractivity contribution in [1.82, 2.24) is 15.2 Å². The minimum Gasteiger partial charge on any atom is -0.446 e. The number of benzene rings is 1. The largest absolute Gasteiger partial charge is 0.446 e. The maximum absolute atomic E-state index is 13.2. The summed E-state index contributed by atoms with van der Waals surface area (Å²) in [6, 6.07) is 0.0112. The third kappa shape index (κ3) is 6.73. The molecule has 34 heavy (non-hydrogen) atoms. The van der Waals surface area contributed by atoms with Gasteiger partial charge in [-0.3, -0.25) is 9.59 Å². The van der Waals surface area contributed by atoms with Crippen molar-refractivity contribution in [3.05, 3.63) is 52.7 Å². The maximum Gasteiger partial charge on any atom is 0.416 e. The van der Waals surface area contributed by atoms with Gasteiger partial charge in [-0.1, -0.05) is 13.8 Å². The number of carbonyl (C=O) groups excluding carboxylic acids is 2. The number of nitrogens with zero attached hydrogens (tertiary/aromatic N) is 2. The van der Waals surface area contributed by atoms with Crippen molar-refractivity contribution in [2.24, 2.45) is 0 Å². The van der Waals surface area contributed by atoms with Gasteiger partial charge in [0.1, 0.15) is 6.26 Å². The number of aromatic nitrogens is 1. The van der Waals surface area contributed by atoms with Crippen LogP contribution < -0.4 is 5.32 Å². The number of amides is 2. The van der Waals surface area contributed by atoms with Crippen LogP contribution in [0.4, 0.5) is 26.3 Å². The average molecular weight is 493 g/mol. The van der Waals surface area contributed by atoms with E-state index in [4.69, 9.17) is 4.42 Å². The molecule has 1 aromatic carbocycles. The van der Waals surface area contributed by atoms with E-state index < -0.39 is 46.9 Å². The molecule has 0 radical (unpaired) electrons. The number of hydrogen-bond donors (Lipinski definition) is 1. The van der Waals surface area contributed by atoms with Crippen molar-refractivity contribution in [3.63, 3.8) is 0 Å². The predicted molar refractivity (Wildman–Crippen MR) is 110 cm³/mol. The quantitative estimate of drug-likeness (QED) is 0.480. The van der Waals surface area contributed by atoms with Crippen LogP contribution >= 0.6 is 0 Å². The summed E-state index contributed by atoms with van der Waals surface area (Å²) < 4.78 is 84.5. The van der Waals surface area contributed by atoms with Gasteiger partial charge in [-0.2, -0.15) is 26.3 Å². The summed E-state index contributed by atoms with van der Waals surface area (Å²) in [6.07, 6.45) is -8.09. The lowest BCUT2D eigenvalue weighted by molar-refractivity contribution is -0.143. The highest BCUT2D eigenvalue weighted by Gasteiger charge is 2.38. The molecule has 12 heteroatoms. The summed E-state index contributed by atoms with van der Waals surface area (Å²) >= 11 is 0. The lowest BCUT2D eigenvalue weighted by Gasteiger charge is -2.28. The molecule has 1 N–H and O–H groups in total. The molecule has 1 aromatic heterocycles. The van der Waals surface area contributed by atoms with Crippen molar-refractivity contribution in [1.29, 1.82) is 0 Å². The molecule has 6 nitrogen and oxygen atoms in total. The van der Waals surface area contributed by atoms with Gasteiger partial charge in [0.15, 0.2) is 5.69 Å². The lowest BCUT2D eigenvalue weighted by Crippen LogP contribution is -2.38. The van der Waals surface area contributed by atoms with Crippen LogP contribution in [0.5, 0.6) is 0 Å². The number of halogens is 6. The first-order valence-corrected chi connectivity index (χ1v) is 10.5. The van der Waals surface area contributed by atoms with Crippen molar-refractivity contribution >= 4 is 11.8 Å². The summed E-state index contributed by atoms with van der Waals surface area (Å²) in [5.74, 6) is -1.67. The zero-order chi connectivity index (χ0) is 25.8. The van der Waals surface area contributed by atoms with E-state index in [2.05, 4.69) is 10.3 Å². The van der Waals surface area contributed by atoms with Gasteiger partial charge in [-0.25, -0.2) is 4.98 Å². The van der Waals surface area contributed by atoms with Crippen LogP contribution in [-0.2, 0) is 18.9 Å². The van der Waals surface area contributed by atoms with Gasteiger partial charge in [-0.15, -0.1) is 0 Å². The van der Waals surface area contributed by atoms with Crippen LogP contribution in [-0.4, -0.2) is 33.8 Å². The summed E-state index contributed by atoms with van der Waals surface area (Å²) in [5.41, 5.74) is -4.01. The standard InChI is InChI=1S/C22H25F6N3O3/c1-5-12(3)29-19(32)17-11-34-18(30-17)10-31(13(4)6-2)20(33)14-7-15(21(23,24)25)9-16(8-14)22(26,27)28/h7-9,11-13H,5-6,10H2,1-4H3,(H,29,32). The SMILES string of the molecule is CCC(C)NC(=O)c1coc(CN(C(=O)c2cc(C(F)(F)F)cc(C(F)(F)F)c2)C(C)CC)n1. The molecule has 0 bridgehead atoms. The summed E-state index contributed by atoms with van der Waals surface area (Å²) in [7, 11) is 0. The minimum absolute atomic E-state index is 0.0410. The highest BCUT2D eigenvalue weighted by atomic mass is 19.4. The molecule has 2 amide bonds. The van der Waals surface area contributed by atoms with E-state index >= 15 is 0 Å². The Labute approximate surface area is 192 Å². The number of oxazole rings is 1. The molecule has 0 aliphatic heterocycles. The van der Waals surface area contributed by atoms with Crippen LogP contribution in [0.15, 0.2) is 28.9 Å². The monoisotopic (exact) mass is 493 g/mol. The van der Waals surface area contributed by atoms with Gasteiger partial charge in [-0.05, 0) is 44.9 Å². The molecule has 0 saturated heterocycles. The zero-order valence-corrected chi connectivity index (χ0v) is 19.0. The Kier molecular flexibility index (Phi) is 8.38. The van der Waals surface area contributed by atoms with Gasteiger partial charge >= 0.3 is 12.4 Å². The fraction of sp³-hybridized carbons (Fsp3) is 0.500. The van der Waals surface area contributed by atoms with Crippen molar-refractivity contribution < 1.29 is 40.3 Å². The van der Waals surface area contributed by atoms with E-state index in [1.807, 2.05) is 6.92 Å². The van der Waals surface area contributed by atoms with Crippen LogP contribution in [0.1, 0.15) is 78.4 Å². The molecule has 2 aromatic rings. The second-order valence-electron chi connectivity index (χ2n) is 7.89. The highest BCUT2D eigenvalue weighted by molar-refractivity contribution is 5.95. The molecule has 0 saturated carbocycles. The minimum atomic E-state index is -5.09. The van der Waals surface area contributed by atoms with E-state index in [1.165, 1.54) is 0 Å². The molecule has 0 fully saturated rings. The summed E-state index contributed by atoms with van der Waals surface area (Å²) in [6.45, 7) is 6.57. The van der Waals surface area contributed by atoms with E-state index in [9.17, 15) is 35.9 Å². The van der Waals surface area contributed by atoms with E-state index in [-0.39, 0.29) is 30.2 Å². The van der Waals surface area contributed by atoms with Crippen molar-refractivity contribution in [2.45, 2.75) is 71.5 Å². The van der Waals surface area contributed by atoms with Gasteiger partial charge in [0.25, 0.3) is 11.8 Å². The second kappa shape index (κ2) is 10.5. The van der Waals surface area contributed by atoms with Gasteiger partial charge in [0.05, 0.1) is 17.7 Å². The smallest absolute Gasteiger partial charge is 0.416 e. The summed E-state index contributed by atoms with van der Waals surface area (Å²) in [5, 5.41) is 2.68. The molecule has 2 unspecified atom stereocenters. The van der Waals surface area contributed by atoms with E-state index in [0.29, 0.717) is 25.0 Å². The maximum atomic E-state index is 13.2. The molecule has 0 aliphatic carbocycles. The Morgan fingerprint density at radius 3 is 2.03 bits per heavy atom. The van der Waals surface area contributed by atoms with Crippen LogP contribution in [0.25, 0.3) is 0 Å². The number of nitrogens with one attached hydrogen (secondary N) is 1. The Morgan fingerprint density at radius 1 is 1.00 bits per heavy atom. The number of hydrogen-bond acceptors (Lipinski definition) is 4. The van der Waals surface area contributed by atoms with E-state index in [1.54, 1.807) is 20.8 Å². The molecule has 2 atom stereocenters. The highest BCUT2D eigenvalue weighted by Crippen LogP contribution is 2.36. The first-order valence-electron chi connectivity index (χ1n) is 10.5. The number of rotatable bonds is 8. The zero-order valence-electron chi connectivity index (χ0n) is 19.0. The predicted octanol–water partition coefficient (Wildman–Crippen LogP) is 5.68. The second-order valence-corrected chi connectivity index (χ2v) is 7.89. The lowest BCUT2D eigenvalue weighted by atomic mass is 10.0. The Morgan fingerprint density at radius 2 is 1.56 bits per heavy atom. The summed E-state index contributed by atoms with van der Waals surface area (Å²) in [4.78, 5) is 30.3. The fourth-order valence-corrected chi connectivity index (χ4v) is 2.93. The Balaban J connectivity index is 2.40. The van der Waals surface area contributed by atoms with Crippen molar-refractivity contribution in [3.8, 4) is 0 Å². The molecule has 0 aliphatic rings. The Hall–Kier alpha value is -3.05. The molecular weight excluding hydrogens is 468 g/mol. The van der Waals surface area contributed by atoms with Crippen molar-refractivity contribution in [2.75, 3.05) is 0 Å². The first kappa shape index (κ1) is 27.2. The molecule has 1 heterocycles. The normalized spacial score (nSPS) is 13.9. The molecule has 2 rings (SSSR count). The molecule has 0 spiro atoms. The van der Waals surface area contributed by atoms with Crippen LogP contribution in [0.3, 0.4) is 0 Å². The Bertz CT molecular complexity index is 984. The first-order chi connectivity index (χ1) is 15.7. The third-order valence-electron chi connectivity index (χ3n) is 5.30. The number of alkyl halides is 6. The van der Waals surface area contributed by atoms with Crippen LogP contribution in [0, 0.1) is 0 Å². The van der Waals surface area contributed by atoms with Gasteiger partial charge < -0.3 is 14.6 Å². The van der Waals surface area contributed by atoms with Gasteiger partial charge in [0.2, 0.25) is 5.89 Å².